The summed E-state index contributed by atoms with van der Waals surface area (Å²) in [5.41, 5.74) is 9.25. The van der Waals surface area contributed by atoms with E-state index in [4.69, 9.17) is 10.7 Å². The molecule has 3 heterocycles. The predicted octanol–water partition coefficient (Wildman–Crippen LogP) is 4.89. The van der Waals surface area contributed by atoms with Gasteiger partial charge in [-0.25, -0.2) is 13.4 Å². The van der Waals surface area contributed by atoms with Gasteiger partial charge in [0.1, 0.15) is 5.82 Å². The topological polar surface area (TPSA) is 142 Å². The van der Waals surface area contributed by atoms with Crippen LogP contribution in [0, 0.1) is 6.92 Å². The first-order valence-electron chi connectivity index (χ1n) is 12.3. The Hall–Kier alpha value is -3.18. The number of benzene rings is 1. The number of hydrogen-bond donors (Lipinski definition) is 4. The first kappa shape index (κ1) is 23.2. The lowest BCUT2D eigenvalue weighted by molar-refractivity contribution is 0.411. The normalized spacial score (nSPS) is 20.5. The number of aromatic nitrogens is 5. The van der Waals surface area contributed by atoms with Crippen molar-refractivity contribution >= 4 is 32.8 Å². The maximum absolute atomic E-state index is 13.5. The van der Waals surface area contributed by atoms with Crippen LogP contribution in [0.4, 0.5) is 11.6 Å². The molecule has 4 aromatic rings. The van der Waals surface area contributed by atoms with E-state index in [-0.39, 0.29) is 5.25 Å². The molecule has 11 heteroatoms. The number of nitrogens with zero attached hydrogens (tertiary/aromatic N) is 3. The fourth-order valence-corrected chi connectivity index (χ4v) is 8.32. The number of aryl methyl sites for hydroxylation is 1. The minimum atomic E-state index is -3.44. The monoisotopic (exact) mass is 523 g/mol. The molecule has 3 aromatic heterocycles. The van der Waals surface area contributed by atoms with Crippen molar-refractivity contribution in [2.45, 2.75) is 67.6 Å². The highest BCUT2D eigenvalue weighted by molar-refractivity contribution is 7.92. The van der Waals surface area contributed by atoms with Crippen molar-refractivity contribution in [2.75, 3.05) is 11.1 Å². The molecule has 0 amide bonds. The molecule has 2 aliphatic rings. The van der Waals surface area contributed by atoms with Gasteiger partial charge in [0.2, 0.25) is 0 Å². The average molecular weight is 524 g/mol. The summed E-state index contributed by atoms with van der Waals surface area (Å²) in [6.07, 6.45) is 9.15. The van der Waals surface area contributed by atoms with E-state index in [1.165, 1.54) is 0 Å². The lowest BCUT2D eigenvalue weighted by Gasteiger charge is -2.28. The van der Waals surface area contributed by atoms with Crippen LogP contribution in [0.3, 0.4) is 0 Å². The molecular weight excluding hydrogens is 494 g/mol. The van der Waals surface area contributed by atoms with Gasteiger partial charge in [0, 0.05) is 35.0 Å². The van der Waals surface area contributed by atoms with E-state index in [0.29, 0.717) is 41.1 Å². The standard InChI is InChI=1S/C25H29N7O2S2/c1-14-22(24(26)32-30-14)18-3-2-4-20(36(33,34)17-9-10-17)23(18)19-13-27-25(35-19)15-5-7-16(8-6-15)29-21-11-12-28-31-21/h2-4,11-13,15-17H,5-10H2,1H3,(H3,26,30,32)(H2,28,29,31). The van der Waals surface area contributed by atoms with Crippen LogP contribution in [0.5, 0.6) is 0 Å². The number of hydrogen-bond acceptors (Lipinski definition) is 8. The molecule has 0 aliphatic heterocycles. The average Bonchev–Trinajstić information content (AvgIpc) is 3.26. The van der Waals surface area contributed by atoms with Crippen molar-refractivity contribution in [3.05, 3.63) is 47.4 Å². The molecule has 0 atom stereocenters. The van der Waals surface area contributed by atoms with Crippen LogP contribution < -0.4 is 11.1 Å². The fourth-order valence-electron chi connectivity index (χ4n) is 5.21. The Labute approximate surface area is 213 Å². The smallest absolute Gasteiger partial charge is 0.181 e. The third-order valence-electron chi connectivity index (χ3n) is 7.25. The van der Waals surface area contributed by atoms with Gasteiger partial charge in [-0.1, -0.05) is 12.1 Å². The molecule has 9 nitrogen and oxygen atoms in total. The second-order valence-electron chi connectivity index (χ2n) is 9.76. The number of H-pyrrole nitrogens is 2. The second-order valence-corrected chi connectivity index (χ2v) is 13.0. The summed E-state index contributed by atoms with van der Waals surface area (Å²) >= 11 is 1.60. The summed E-state index contributed by atoms with van der Waals surface area (Å²) in [7, 11) is -3.44. The molecule has 0 spiro atoms. The number of nitrogens with two attached hydrogens (primary N) is 1. The highest BCUT2D eigenvalue weighted by atomic mass is 32.2. The van der Waals surface area contributed by atoms with Gasteiger partial charge in [0.15, 0.2) is 15.7 Å². The van der Waals surface area contributed by atoms with Crippen LogP contribution in [0.15, 0.2) is 41.6 Å². The molecule has 0 radical (unpaired) electrons. The number of nitrogens with one attached hydrogen (secondary N) is 3. The second kappa shape index (κ2) is 9.04. The first-order valence-corrected chi connectivity index (χ1v) is 14.7. The summed E-state index contributed by atoms with van der Waals surface area (Å²) in [6, 6.07) is 7.81. The lowest BCUT2D eigenvalue weighted by Crippen LogP contribution is -2.25. The van der Waals surface area contributed by atoms with Crippen molar-refractivity contribution in [1.29, 1.82) is 0 Å². The van der Waals surface area contributed by atoms with Gasteiger partial charge in [-0.2, -0.15) is 10.2 Å². The zero-order chi connectivity index (χ0) is 24.9. The van der Waals surface area contributed by atoms with E-state index in [0.717, 1.165) is 58.2 Å². The molecule has 2 aliphatic carbocycles. The van der Waals surface area contributed by atoms with Crippen LogP contribution in [-0.2, 0) is 9.84 Å². The fraction of sp³-hybridized carbons (Fsp3) is 0.400. The van der Waals surface area contributed by atoms with Gasteiger partial charge in [0.05, 0.1) is 26.2 Å². The van der Waals surface area contributed by atoms with Gasteiger partial charge < -0.3 is 11.1 Å². The Kier molecular flexibility index (Phi) is 5.83. The summed E-state index contributed by atoms with van der Waals surface area (Å²) in [6.45, 7) is 1.90. The summed E-state index contributed by atoms with van der Waals surface area (Å²) in [4.78, 5) is 6.03. The number of thiazole rings is 1. The van der Waals surface area contributed by atoms with Crippen LogP contribution in [0.2, 0.25) is 0 Å². The van der Waals surface area contributed by atoms with E-state index in [2.05, 4.69) is 25.7 Å². The molecule has 2 fully saturated rings. The SMILES string of the molecule is Cc1[nH]nc(N)c1-c1cccc(S(=O)(=O)C2CC2)c1-c1cnc(C2CCC(Nc3ccn[nH]3)CC2)s1. The van der Waals surface area contributed by atoms with E-state index in [9.17, 15) is 8.42 Å². The molecule has 188 valence electrons. The number of aromatic amines is 2. The van der Waals surface area contributed by atoms with Gasteiger partial charge in [-0.3, -0.25) is 10.2 Å². The predicted molar refractivity (Wildman–Crippen MR) is 142 cm³/mol. The Balaban J connectivity index is 1.34. The van der Waals surface area contributed by atoms with E-state index in [1.54, 1.807) is 29.7 Å². The van der Waals surface area contributed by atoms with E-state index in [1.807, 2.05) is 25.3 Å². The Morgan fingerprint density at radius 1 is 1.06 bits per heavy atom. The van der Waals surface area contributed by atoms with E-state index >= 15 is 0 Å². The van der Waals surface area contributed by atoms with Crippen LogP contribution >= 0.6 is 11.3 Å². The quantitative estimate of drug-likeness (QED) is 0.270. The maximum Gasteiger partial charge on any atom is 0.181 e. The molecule has 5 N–H and O–H groups in total. The molecule has 36 heavy (non-hydrogen) atoms. The van der Waals surface area contributed by atoms with Crippen molar-refractivity contribution in [3.8, 4) is 21.6 Å². The minimum absolute atomic E-state index is 0.306. The van der Waals surface area contributed by atoms with Gasteiger partial charge in [0.25, 0.3) is 0 Å². The molecule has 6 rings (SSSR count). The molecule has 1 aromatic carbocycles. The number of sulfone groups is 1. The molecule has 0 saturated heterocycles. The first-order chi connectivity index (χ1) is 17.4. The van der Waals surface area contributed by atoms with Gasteiger partial charge >= 0.3 is 0 Å². The molecule has 0 bridgehead atoms. The van der Waals surface area contributed by atoms with Crippen molar-refractivity contribution in [2.24, 2.45) is 0 Å². The van der Waals surface area contributed by atoms with Gasteiger partial charge in [-0.15, -0.1) is 11.3 Å². The highest BCUT2D eigenvalue weighted by Gasteiger charge is 2.39. The molecule has 0 unspecified atom stereocenters. The third kappa shape index (κ3) is 4.20. The minimum Gasteiger partial charge on any atom is -0.382 e. The lowest BCUT2D eigenvalue weighted by atomic mass is 9.86. The zero-order valence-corrected chi connectivity index (χ0v) is 21.6. The molecular formula is C25H29N7O2S2. The maximum atomic E-state index is 13.5. The van der Waals surface area contributed by atoms with E-state index < -0.39 is 9.84 Å². The number of rotatable bonds is 7. The summed E-state index contributed by atoms with van der Waals surface area (Å²) in [5.74, 6) is 1.67. The Morgan fingerprint density at radius 2 is 1.86 bits per heavy atom. The highest BCUT2D eigenvalue weighted by Crippen LogP contribution is 2.47. The largest absolute Gasteiger partial charge is 0.382 e. The summed E-state index contributed by atoms with van der Waals surface area (Å²) in [5, 5.41) is 18.3. The summed E-state index contributed by atoms with van der Waals surface area (Å²) < 4.78 is 26.9. The number of anilines is 2. The Morgan fingerprint density at radius 3 is 2.53 bits per heavy atom. The van der Waals surface area contributed by atoms with Gasteiger partial charge in [-0.05, 0) is 63.1 Å². The Bertz CT molecular complexity index is 1460. The van der Waals surface area contributed by atoms with Crippen LogP contribution in [-0.4, -0.2) is 45.1 Å². The van der Waals surface area contributed by atoms with Crippen molar-refractivity contribution in [3.63, 3.8) is 0 Å². The zero-order valence-electron chi connectivity index (χ0n) is 20.0. The van der Waals surface area contributed by atoms with Crippen molar-refractivity contribution in [1.82, 2.24) is 25.4 Å². The number of nitrogen functional groups attached to an aromatic ring is 1. The van der Waals surface area contributed by atoms with Crippen LogP contribution in [0.25, 0.3) is 21.6 Å². The third-order valence-corrected chi connectivity index (χ3v) is 10.7. The van der Waals surface area contributed by atoms with Crippen LogP contribution in [0.1, 0.15) is 55.1 Å². The van der Waals surface area contributed by atoms with Crippen molar-refractivity contribution < 1.29 is 8.42 Å². The molecule has 2 saturated carbocycles.